The predicted octanol–water partition coefficient (Wildman–Crippen LogP) is 1.06. The van der Waals surface area contributed by atoms with Crippen molar-refractivity contribution in [2.45, 2.75) is 13.3 Å². The van der Waals surface area contributed by atoms with Gasteiger partial charge >= 0.3 is 0 Å². The maximum absolute atomic E-state index is 13.1. The molecule has 2 rings (SSSR count). The Morgan fingerprint density at radius 1 is 1.28 bits per heavy atom. The second-order valence-corrected chi connectivity index (χ2v) is 5.80. The van der Waals surface area contributed by atoms with E-state index in [1.165, 1.54) is 25.3 Å². The Morgan fingerprint density at radius 3 is 2.56 bits per heavy atom. The topological polar surface area (TPSA) is 76.4 Å². The van der Waals surface area contributed by atoms with Crippen LogP contribution in [0.3, 0.4) is 0 Å². The van der Waals surface area contributed by atoms with Crippen molar-refractivity contribution in [2.75, 3.05) is 32.7 Å². The van der Waals surface area contributed by atoms with Gasteiger partial charge in [-0.25, -0.2) is 4.39 Å². The minimum atomic E-state index is -0.344. The molecule has 0 unspecified atom stereocenters. The minimum absolute atomic E-state index is 0.0119. The molecule has 1 aliphatic rings. The van der Waals surface area contributed by atoms with Gasteiger partial charge in [0, 0.05) is 45.8 Å². The summed E-state index contributed by atoms with van der Waals surface area (Å²) < 4.78 is 13.1. The highest BCUT2D eigenvalue weighted by atomic mass is 19.1. The van der Waals surface area contributed by atoms with Crippen LogP contribution < -0.4 is 5.32 Å². The number of nitrogens with one attached hydrogen (secondary N) is 1. The van der Waals surface area contributed by atoms with E-state index in [0.29, 0.717) is 39.1 Å². The molecule has 2 amide bonds. The number of carbonyl (C=O) groups is 2. The molecule has 1 aliphatic heterocycles. The number of carbonyl (C=O) groups excluding carboxylic acids is 2. The van der Waals surface area contributed by atoms with Crippen molar-refractivity contribution in [1.29, 1.82) is 5.26 Å². The van der Waals surface area contributed by atoms with Crippen LogP contribution in [-0.2, 0) is 16.0 Å². The molecule has 0 aliphatic carbocycles. The van der Waals surface area contributed by atoms with Crippen molar-refractivity contribution in [3.63, 3.8) is 0 Å². The highest BCUT2D eigenvalue weighted by Gasteiger charge is 2.24. The zero-order chi connectivity index (χ0) is 18.2. The molecule has 1 aromatic rings. The Hall–Kier alpha value is -2.88. The molecule has 1 saturated heterocycles. The Kier molecular flexibility index (Phi) is 6.52. The number of rotatable bonds is 5. The van der Waals surface area contributed by atoms with Gasteiger partial charge in [-0.2, -0.15) is 5.26 Å². The monoisotopic (exact) mass is 344 g/mol. The number of halogens is 1. The van der Waals surface area contributed by atoms with Crippen molar-refractivity contribution >= 4 is 11.8 Å². The molecule has 0 aromatic heterocycles. The Morgan fingerprint density at radius 2 is 1.96 bits per heavy atom. The van der Waals surface area contributed by atoms with Crippen LogP contribution in [0.15, 0.2) is 36.0 Å². The van der Waals surface area contributed by atoms with Crippen molar-refractivity contribution in [3.05, 3.63) is 47.4 Å². The fourth-order valence-electron chi connectivity index (χ4n) is 2.62. The van der Waals surface area contributed by atoms with Gasteiger partial charge in [-0.1, -0.05) is 12.1 Å². The summed E-state index contributed by atoms with van der Waals surface area (Å²) in [6, 6.07) is 8.21. The molecule has 1 aromatic carbocycles. The normalized spacial score (nSPS) is 14.8. The second kappa shape index (κ2) is 8.83. The van der Waals surface area contributed by atoms with Crippen molar-refractivity contribution in [3.8, 4) is 6.07 Å². The van der Waals surface area contributed by atoms with E-state index in [-0.39, 0.29) is 23.2 Å². The van der Waals surface area contributed by atoms with E-state index in [1.807, 2.05) is 12.1 Å². The first-order chi connectivity index (χ1) is 12.0. The number of hydrogen-bond acceptors (Lipinski definition) is 4. The van der Waals surface area contributed by atoms with E-state index in [1.54, 1.807) is 15.9 Å². The van der Waals surface area contributed by atoms with Gasteiger partial charge in [0.2, 0.25) is 5.91 Å². The lowest BCUT2D eigenvalue weighted by Crippen LogP contribution is -2.50. The molecule has 1 N–H and O–H groups in total. The first-order valence-electron chi connectivity index (χ1n) is 8.14. The van der Waals surface area contributed by atoms with Crippen LogP contribution in [0.4, 0.5) is 4.39 Å². The summed E-state index contributed by atoms with van der Waals surface area (Å²) in [6.45, 7) is 3.78. The van der Waals surface area contributed by atoms with Gasteiger partial charge in [0.1, 0.15) is 17.5 Å². The molecule has 0 saturated carbocycles. The van der Waals surface area contributed by atoms with Crippen LogP contribution in [0.5, 0.6) is 0 Å². The molecule has 0 radical (unpaired) electrons. The lowest BCUT2D eigenvalue weighted by Gasteiger charge is -2.34. The van der Waals surface area contributed by atoms with Crippen LogP contribution in [0.25, 0.3) is 0 Å². The molecule has 7 heteroatoms. The molecular weight excluding hydrogens is 323 g/mol. The zero-order valence-electron chi connectivity index (χ0n) is 14.2. The fraction of sp³-hybridized carbons (Fsp3) is 0.389. The van der Waals surface area contributed by atoms with Crippen molar-refractivity contribution in [1.82, 2.24) is 15.1 Å². The standard InChI is InChI=1S/C18H21FN4O2/c1-14(24)22-7-9-23(10-8-22)18(25)16(12-20)13-21-6-5-15-3-2-4-17(19)11-15/h2-4,11,13,21H,5-10H2,1H3/b16-13-. The van der Waals surface area contributed by atoms with Crippen LogP contribution >= 0.6 is 0 Å². The Bertz CT molecular complexity index is 703. The van der Waals surface area contributed by atoms with Crippen molar-refractivity contribution < 1.29 is 14.0 Å². The van der Waals surface area contributed by atoms with Gasteiger partial charge < -0.3 is 15.1 Å². The molecule has 0 bridgehead atoms. The average Bonchev–Trinajstić information content (AvgIpc) is 2.61. The third-order valence-corrected chi connectivity index (χ3v) is 4.06. The summed E-state index contributed by atoms with van der Waals surface area (Å²) in [4.78, 5) is 26.9. The number of benzene rings is 1. The van der Waals surface area contributed by atoms with Crippen LogP contribution in [0, 0.1) is 17.1 Å². The zero-order valence-corrected chi connectivity index (χ0v) is 14.2. The third-order valence-electron chi connectivity index (χ3n) is 4.06. The van der Waals surface area contributed by atoms with Gasteiger partial charge in [0.25, 0.3) is 5.91 Å². The summed E-state index contributed by atoms with van der Waals surface area (Å²) in [5.41, 5.74) is 0.863. The van der Waals surface area contributed by atoms with Crippen LogP contribution in [0.2, 0.25) is 0 Å². The summed E-state index contributed by atoms with van der Waals surface area (Å²) in [7, 11) is 0. The SMILES string of the molecule is CC(=O)N1CCN(C(=O)/C(C#N)=C\NCCc2cccc(F)c2)CC1. The first-order valence-corrected chi connectivity index (χ1v) is 8.14. The predicted molar refractivity (Wildman–Crippen MR) is 90.6 cm³/mol. The number of piperazine rings is 1. The summed E-state index contributed by atoms with van der Waals surface area (Å²) in [5.74, 6) is -0.642. The molecule has 0 spiro atoms. The average molecular weight is 344 g/mol. The van der Waals surface area contributed by atoms with Crippen LogP contribution in [-0.4, -0.2) is 54.3 Å². The number of amides is 2. The van der Waals surface area contributed by atoms with Gasteiger partial charge in [-0.15, -0.1) is 0 Å². The van der Waals surface area contributed by atoms with E-state index in [0.717, 1.165) is 5.56 Å². The summed E-state index contributed by atoms with van der Waals surface area (Å²) >= 11 is 0. The molecule has 132 valence electrons. The second-order valence-electron chi connectivity index (χ2n) is 5.80. The number of hydrogen-bond donors (Lipinski definition) is 1. The molecule has 1 fully saturated rings. The van der Waals surface area contributed by atoms with Crippen molar-refractivity contribution in [2.24, 2.45) is 0 Å². The Labute approximate surface area is 146 Å². The number of nitrogens with zero attached hydrogens (tertiary/aromatic N) is 3. The number of nitriles is 1. The fourth-order valence-corrected chi connectivity index (χ4v) is 2.62. The molecular formula is C18H21FN4O2. The summed E-state index contributed by atoms with van der Waals surface area (Å²) in [5, 5.41) is 12.1. The molecule has 0 atom stereocenters. The van der Waals surface area contributed by atoms with Crippen LogP contribution in [0.1, 0.15) is 12.5 Å². The van der Waals surface area contributed by atoms with Gasteiger partial charge in [-0.05, 0) is 24.1 Å². The van der Waals surface area contributed by atoms with E-state index in [4.69, 9.17) is 0 Å². The summed E-state index contributed by atoms with van der Waals surface area (Å²) in [6.07, 6.45) is 1.98. The minimum Gasteiger partial charge on any atom is -0.389 e. The maximum atomic E-state index is 13.1. The highest BCUT2D eigenvalue weighted by molar-refractivity contribution is 5.97. The third kappa shape index (κ3) is 5.31. The Balaban J connectivity index is 1.84. The van der Waals surface area contributed by atoms with E-state index >= 15 is 0 Å². The molecule has 25 heavy (non-hydrogen) atoms. The lowest BCUT2D eigenvalue weighted by molar-refractivity contribution is -0.136. The van der Waals surface area contributed by atoms with Gasteiger partial charge in [-0.3, -0.25) is 9.59 Å². The highest BCUT2D eigenvalue weighted by Crippen LogP contribution is 2.07. The van der Waals surface area contributed by atoms with Gasteiger partial charge in [0.15, 0.2) is 0 Å². The van der Waals surface area contributed by atoms with E-state index in [9.17, 15) is 19.2 Å². The van der Waals surface area contributed by atoms with Gasteiger partial charge in [0.05, 0.1) is 0 Å². The first kappa shape index (κ1) is 18.5. The van der Waals surface area contributed by atoms with E-state index < -0.39 is 0 Å². The quantitative estimate of drug-likeness (QED) is 0.492. The smallest absolute Gasteiger partial charge is 0.266 e. The maximum Gasteiger partial charge on any atom is 0.266 e. The lowest BCUT2D eigenvalue weighted by atomic mass is 10.1. The van der Waals surface area contributed by atoms with E-state index in [2.05, 4.69) is 5.32 Å². The molecule has 1 heterocycles. The molecule has 6 nitrogen and oxygen atoms in total. The largest absolute Gasteiger partial charge is 0.389 e.